The van der Waals surface area contributed by atoms with E-state index in [-0.39, 0.29) is 11.8 Å². The number of aryl methyl sites for hydroxylation is 1. The van der Waals surface area contributed by atoms with Crippen molar-refractivity contribution in [2.75, 3.05) is 6.54 Å². The molecule has 1 aromatic heterocycles. The van der Waals surface area contributed by atoms with Crippen LogP contribution in [0.25, 0.3) is 10.9 Å². The highest BCUT2D eigenvalue weighted by atomic mass is 16.1. The van der Waals surface area contributed by atoms with Crippen LogP contribution in [0.5, 0.6) is 0 Å². The molecule has 0 spiro atoms. The van der Waals surface area contributed by atoms with Crippen molar-refractivity contribution in [3.63, 3.8) is 0 Å². The molecule has 0 bridgehead atoms. The summed E-state index contributed by atoms with van der Waals surface area (Å²) >= 11 is 0. The van der Waals surface area contributed by atoms with E-state index in [0.717, 1.165) is 24.9 Å². The average Bonchev–Trinajstić information content (AvgIpc) is 3.08. The zero-order valence-corrected chi connectivity index (χ0v) is 15.7. The number of benzene rings is 2. The number of nitrogens with one attached hydrogen (secondary N) is 2. The molecule has 0 aliphatic rings. The molecule has 0 radical (unpaired) electrons. The average molecular weight is 348 g/mol. The third kappa shape index (κ3) is 4.75. The lowest BCUT2D eigenvalue weighted by Crippen LogP contribution is -2.28. The van der Waals surface area contributed by atoms with Crippen LogP contribution in [0.1, 0.15) is 43.7 Å². The minimum atomic E-state index is 0.141. The molecule has 3 aromatic rings. The van der Waals surface area contributed by atoms with Gasteiger partial charge in [-0.2, -0.15) is 0 Å². The number of hydrogen-bond donors (Lipinski definition) is 2. The second-order valence-electron chi connectivity index (χ2n) is 7.41. The zero-order valence-electron chi connectivity index (χ0n) is 15.7. The fraction of sp³-hybridized carbons (Fsp3) is 0.348. The summed E-state index contributed by atoms with van der Waals surface area (Å²) in [5.74, 6) is 0.815. The molecule has 0 fully saturated rings. The molecule has 0 saturated heterocycles. The number of fused-ring (bicyclic) bond motifs is 1. The van der Waals surface area contributed by atoms with Gasteiger partial charge in [0.1, 0.15) is 0 Å². The van der Waals surface area contributed by atoms with Gasteiger partial charge in [0.15, 0.2) is 0 Å². The molecule has 2 N–H and O–H groups in total. The summed E-state index contributed by atoms with van der Waals surface area (Å²) in [6.45, 7) is 4.97. The molecule has 3 heteroatoms. The first-order chi connectivity index (χ1) is 12.6. The predicted octanol–water partition coefficient (Wildman–Crippen LogP) is 5.05. The summed E-state index contributed by atoms with van der Waals surface area (Å²) in [4.78, 5) is 15.8. The Kier molecular flexibility index (Phi) is 6.11. The van der Waals surface area contributed by atoms with Crippen LogP contribution in [0.3, 0.4) is 0 Å². The maximum atomic E-state index is 12.5. The Morgan fingerprint density at radius 1 is 1.04 bits per heavy atom. The zero-order chi connectivity index (χ0) is 18.4. The minimum absolute atomic E-state index is 0.141. The SMILES string of the molecule is CC(C)CNC(=O)CC(CCc1ccccc1)c1c[nH]c2ccccc12. The van der Waals surface area contributed by atoms with Crippen LogP contribution in [0, 0.1) is 5.92 Å². The molecular weight excluding hydrogens is 320 g/mol. The fourth-order valence-electron chi connectivity index (χ4n) is 3.40. The predicted molar refractivity (Wildman–Crippen MR) is 108 cm³/mol. The molecule has 0 aliphatic carbocycles. The normalized spacial score (nSPS) is 12.4. The monoisotopic (exact) mass is 348 g/mol. The van der Waals surface area contributed by atoms with Crippen molar-refractivity contribution in [1.29, 1.82) is 0 Å². The Bertz CT molecular complexity index is 836. The highest BCUT2D eigenvalue weighted by Gasteiger charge is 2.19. The van der Waals surface area contributed by atoms with E-state index in [0.29, 0.717) is 12.3 Å². The van der Waals surface area contributed by atoms with Crippen LogP contribution in [0.2, 0.25) is 0 Å². The van der Waals surface area contributed by atoms with Crippen molar-refractivity contribution >= 4 is 16.8 Å². The Morgan fingerprint density at radius 3 is 2.54 bits per heavy atom. The van der Waals surface area contributed by atoms with Crippen LogP contribution < -0.4 is 5.32 Å². The number of aromatic nitrogens is 1. The summed E-state index contributed by atoms with van der Waals surface area (Å²) < 4.78 is 0. The lowest BCUT2D eigenvalue weighted by molar-refractivity contribution is -0.121. The molecule has 1 atom stereocenters. The van der Waals surface area contributed by atoms with Crippen LogP contribution in [0.4, 0.5) is 0 Å². The van der Waals surface area contributed by atoms with Crippen molar-refractivity contribution < 1.29 is 4.79 Å². The maximum Gasteiger partial charge on any atom is 0.220 e. The topological polar surface area (TPSA) is 44.9 Å². The number of rotatable bonds is 8. The number of carbonyl (C=O) groups excluding carboxylic acids is 1. The van der Waals surface area contributed by atoms with Gasteiger partial charge in [-0.25, -0.2) is 0 Å². The Hall–Kier alpha value is -2.55. The lowest BCUT2D eigenvalue weighted by atomic mass is 9.89. The van der Waals surface area contributed by atoms with Crippen molar-refractivity contribution in [2.45, 2.75) is 39.0 Å². The highest BCUT2D eigenvalue weighted by molar-refractivity contribution is 5.85. The molecule has 0 saturated carbocycles. The molecule has 1 unspecified atom stereocenters. The van der Waals surface area contributed by atoms with E-state index in [2.05, 4.69) is 72.8 Å². The quantitative estimate of drug-likeness (QED) is 0.588. The van der Waals surface area contributed by atoms with Gasteiger partial charge < -0.3 is 10.3 Å². The van der Waals surface area contributed by atoms with E-state index in [1.54, 1.807) is 0 Å². The van der Waals surface area contributed by atoms with Gasteiger partial charge >= 0.3 is 0 Å². The lowest BCUT2D eigenvalue weighted by Gasteiger charge is -2.17. The first-order valence-electron chi connectivity index (χ1n) is 9.50. The van der Waals surface area contributed by atoms with Crippen molar-refractivity contribution in [2.24, 2.45) is 5.92 Å². The van der Waals surface area contributed by atoms with Gasteiger partial charge in [-0.1, -0.05) is 62.4 Å². The molecule has 3 rings (SSSR count). The van der Waals surface area contributed by atoms with Gasteiger partial charge in [0, 0.05) is 30.1 Å². The molecule has 26 heavy (non-hydrogen) atoms. The van der Waals surface area contributed by atoms with Crippen LogP contribution in [0.15, 0.2) is 60.8 Å². The molecule has 1 heterocycles. The maximum absolute atomic E-state index is 12.5. The number of hydrogen-bond acceptors (Lipinski definition) is 1. The van der Waals surface area contributed by atoms with Gasteiger partial charge in [0.2, 0.25) is 5.91 Å². The fourth-order valence-corrected chi connectivity index (χ4v) is 3.40. The molecule has 136 valence electrons. The number of amides is 1. The first kappa shape index (κ1) is 18.2. The summed E-state index contributed by atoms with van der Waals surface area (Å²) in [6, 6.07) is 18.8. The van der Waals surface area contributed by atoms with Gasteiger partial charge in [-0.05, 0) is 41.9 Å². The number of carbonyl (C=O) groups is 1. The summed E-state index contributed by atoms with van der Waals surface area (Å²) in [5, 5.41) is 4.30. The Balaban J connectivity index is 1.77. The molecular formula is C23H28N2O. The van der Waals surface area contributed by atoms with E-state index in [1.165, 1.54) is 16.5 Å². The molecule has 3 nitrogen and oxygen atoms in total. The van der Waals surface area contributed by atoms with E-state index in [4.69, 9.17) is 0 Å². The second kappa shape index (κ2) is 8.70. The minimum Gasteiger partial charge on any atom is -0.361 e. The Morgan fingerprint density at radius 2 is 1.77 bits per heavy atom. The van der Waals surface area contributed by atoms with Gasteiger partial charge in [0.25, 0.3) is 0 Å². The van der Waals surface area contributed by atoms with E-state index in [9.17, 15) is 4.79 Å². The van der Waals surface area contributed by atoms with Crippen molar-refractivity contribution in [3.8, 4) is 0 Å². The largest absolute Gasteiger partial charge is 0.361 e. The Labute approximate surface area is 155 Å². The van der Waals surface area contributed by atoms with Gasteiger partial charge in [0.05, 0.1) is 0 Å². The van der Waals surface area contributed by atoms with E-state index < -0.39 is 0 Å². The third-order valence-corrected chi connectivity index (χ3v) is 4.82. The summed E-state index contributed by atoms with van der Waals surface area (Å²) in [5.41, 5.74) is 3.70. The van der Waals surface area contributed by atoms with Crippen LogP contribution >= 0.6 is 0 Å². The molecule has 2 aromatic carbocycles. The molecule has 1 amide bonds. The molecule has 0 aliphatic heterocycles. The van der Waals surface area contributed by atoms with Gasteiger partial charge in [-0.3, -0.25) is 4.79 Å². The second-order valence-corrected chi connectivity index (χ2v) is 7.41. The number of H-pyrrole nitrogens is 1. The highest BCUT2D eigenvalue weighted by Crippen LogP contribution is 2.31. The summed E-state index contributed by atoms with van der Waals surface area (Å²) in [7, 11) is 0. The van der Waals surface area contributed by atoms with Crippen LogP contribution in [-0.2, 0) is 11.2 Å². The standard InChI is InChI=1S/C23H28N2O/c1-17(2)15-25-23(26)14-19(13-12-18-8-4-3-5-9-18)21-16-24-22-11-7-6-10-20(21)22/h3-11,16-17,19,24H,12-15H2,1-2H3,(H,25,26). The number of aromatic amines is 1. The number of para-hydroxylation sites is 1. The first-order valence-corrected chi connectivity index (χ1v) is 9.50. The smallest absolute Gasteiger partial charge is 0.220 e. The van der Waals surface area contributed by atoms with Gasteiger partial charge in [-0.15, -0.1) is 0 Å². The van der Waals surface area contributed by atoms with E-state index >= 15 is 0 Å². The van der Waals surface area contributed by atoms with Crippen molar-refractivity contribution in [1.82, 2.24) is 10.3 Å². The summed E-state index contributed by atoms with van der Waals surface area (Å²) in [6.07, 6.45) is 4.54. The van der Waals surface area contributed by atoms with Crippen molar-refractivity contribution in [3.05, 3.63) is 71.9 Å². The van der Waals surface area contributed by atoms with Crippen LogP contribution in [-0.4, -0.2) is 17.4 Å². The third-order valence-electron chi connectivity index (χ3n) is 4.82. The van der Waals surface area contributed by atoms with E-state index in [1.807, 2.05) is 12.1 Å².